The predicted octanol–water partition coefficient (Wildman–Crippen LogP) is 2.59. The summed E-state index contributed by atoms with van der Waals surface area (Å²) in [7, 11) is 0. The molecule has 1 aromatic carbocycles. The highest BCUT2D eigenvalue weighted by molar-refractivity contribution is 6.30. The van der Waals surface area contributed by atoms with E-state index in [9.17, 15) is 9.18 Å². The van der Waals surface area contributed by atoms with Crippen molar-refractivity contribution in [3.63, 3.8) is 0 Å². The number of nitrogens with one attached hydrogen (secondary N) is 1. The Morgan fingerprint density at radius 3 is 2.94 bits per heavy atom. The van der Waals surface area contributed by atoms with Gasteiger partial charge in [-0.2, -0.15) is 0 Å². The molecule has 2 unspecified atom stereocenters. The first kappa shape index (κ1) is 12.5. The van der Waals surface area contributed by atoms with Gasteiger partial charge in [0.05, 0.1) is 0 Å². The van der Waals surface area contributed by atoms with Gasteiger partial charge in [0.2, 0.25) is 0 Å². The topological polar surface area (TPSA) is 29.1 Å². The van der Waals surface area contributed by atoms with E-state index in [2.05, 4.69) is 5.32 Å². The molecule has 4 heteroatoms. The molecule has 0 spiro atoms. The molecule has 2 rings (SSSR count). The molecular weight excluding hydrogens is 241 g/mol. The fourth-order valence-corrected chi connectivity index (χ4v) is 2.44. The third-order valence-corrected chi connectivity index (χ3v) is 3.55. The van der Waals surface area contributed by atoms with Crippen LogP contribution < -0.4 is 5.32 Å². The van der Waals surface area contributed by atoms with E-state index < -0.39 is 5.82 Å². The Balaban J connectivity index is 2.07. The van der Waals surface area contributed by atoms with E-state index >= 15 is 0 Å². The van der Waals surface area contributed by atoms with Crippen LogP contribution >= 0.6 is 11.6 Å². The fourth-order valence-electron chi connectivity index (χ4n) is 2.28. The number of hydrogen-bond acceptors (Lipinski definition) is 2. The zero-order valence-corrected chi connectivity index (χ0v) is 10.4. The zero-order chi connectivity index (χ0) is 12.4. The molecule has 0 saturated carbocycles. The Kier molecular flexibility index (Phi) is 3.79. The number of carbonyl (C=O) groups is 1. The molecule has 0 aromatic heterocycles. The van der Waals surface area contributed by atoms with Crippen LogP contribution in [0.2, 0.25) is 5.02 Å². The normalized spacial score (nSPS) is 23.9. The van der Waals surface area contributed by atoms with Crippen molar-refractivity contribution in [3.8, 4) is 0 Å². The number of halogens is 2. The molecular formula is C13H15ClFNO. The quantitative estimate of drug-likeness (QED) is 0.900. The standard InChI is InChI=1S/C13H15ClFNO/c1-8-11(4-5-16-8)13(17)6-9-2-3-10(14)7-12(9)15/h2-3,7-8,11,16H,4-6H2,1H3. The van der Waals surface area contributed by atoms with Gasteiger partial charge in [0.25, 0.3) is 0 Å². The maximum absolute atomic E-state index is 13.5. The highest BCUT2D eigenvalue weighted by atomic mass is 35.5. The average Bonchev–Trinajstić information content (AvgIpc) is 2.68. The highest BCUT2D eigenvalue weighted by Crippen LogP contribution is 2.21. The molecule has 1 N–H and O–H groups in total. The van der Waals surface area contributed by atoms with Crippen LogP contribution in [0.1, 0.15) is 18.9 Å². The van der Waals surface area contributed by atoms with Gasteiger partial charge in [0.15, 0.2) is 0 Å². The van der Waals surface area contributed by atoms with Crippen LogP contribution in [0.4, 0.5) is 4.39 Å². The first-order valence-corrected chi connectivity index (χ1v) is 6.16. The Bertz CT molecular complexity index is 435. The first-order valence-electron chi connectivity index (χ1n) is 5.78. The number of hydrogen-bond donors (Lipinski definition) is 1. The van der Waals surface area contributed by atoms with Gasteiger partial charge in [0.1, 0.15) is 11.6 Å². The maximum atomic E-state index is 13.5. The van der Waals surface area contributed by atoms with Gasteiger partial charge in [-0.3, -0.25) is 4.79 Å². The molecule has 0 radical (unpaired) electrons. The third kappa shape index (κ3) is 2.85. The minimum absolute atomic E-state index is 0.00470. The molecule has 17 heavy (non-hydrogen) atoms. The predicted molar refractivity (Wildman–Crippen MR) is 65.7 cm³/mol. The Labute approximate surface area is 105 Å². The number of Topliss-reactive ketones (excluding diaryl/α,β-unsaturated/α-hetero) is 1. The molecule has 92 valence electrons. The summed E-state index contributed by atoms with van der Waals surface area (Å²) in [6.07, 6.45) is 0.995. The number of carbonyl (C=O) groups excluding carboxylic acids is 1. The summed E-state index contributed by atoms with van der Waals surface area (Å²) in [6, 6.07) is 4.64. The second-order valence-corrected chi connectivity index (χ2v) is 4.95. The van der Waals surface area contributed by atoms with E-state index in [1.165, 1.54) is 6.07 Å². The van der Waals surface area contributed by atoms with Crippen LogP contribution in [0.15, 0.2) is 18.2 Å². The van der Waals surface area contributed by atoms with Crippen LogP contribution in [0.25, 0.3) is 0 Å². The monoisotopic (exact) mass is 255 g/mol. The van der Waals surface area contributed by atoms with Crippen molar-refractivity contribution in [1.29, 1.82) is 0 Å². The van der Waals surface area contributed by atoms with Gasteiger partial charge in [-0.15, -0.1) is 0 Å². The van der Waals surface area contributed by atoms with Crippen molar-refractivity contribution in [3.05, 3.63) is 34.6 Å². The summed E-state index contributed by atoms with van der Waals surface area (Å²) in [4.78, 5) is 12.0. The molecule has 0 aliphatic carbocycles. The molecule has 2 atom stereocenters. The summed E-state index contributed by atoms with van der Waals surface area (Å²) in [5.74, 6) is -0.293. The lowest BCUT2D eigenvalue weighted by Crippen LogP contribution is -2.29. The second-order valence-electron chi connectivity index (χ2n) is 4.52. The van der Waals surface area contributed by atoms with Gasteiger partial charge in [-0.1, -0.05) is 17.7 Å². The first-order chi connectivity index (χ1) is 8.08. The van der Waals surface area contributed by atoms with Crippen LogP contribution in [0.3, 0.4) is 0 Å². The highest BCUT2D eigenvalue weighted by Gasteiger charge is 2.29. The van der Waals surface area contributed by atoms with Gasteiger partial charge < -0.3 is 5.32 Å². The van der Waals surface area contributed by atoms with Crippen molar-refractivity contribution in [2.45, 2.75) is 25.8 Å². The Morgan fingerprint density at radius 1 is 1.59 bits per heavy atom. The van der Waals surface area contributed by atoms with Crippen molar-refractivity contribution < 1.29 is 9.18 Å². The Morgan fingerprint density at radius 2 is 2.35 bits per heavy atom. The van der Waals surface area contributed by atoms with E-state index in [0.29, 0.717) is 10.6 Å². The van der Waals surface area contributed by atoms with E-state index in [1.807, 2.05) is 6.92 Å². The lowest BCUT2D eigenvalue weighted by atomic mass is 9.92. The molecule has 1 aliphatic heterocycles. The van der Waals surface area contributed by atoms with E-state index in [0.717, 1.165) is 13.0 Å². The largest absolute Gasteiger partial charge is 0.314 e. The maximum Gasteiger partial charge on any atom is 0.142 e. The lowest BCUT2D eigenvalue weighted by Gasteiger charge is -2.13. The zero-order valence-electron chi connectivity index (χ0n) is 9.67. The molecule has 1 aromatic rings. The molecule has 2 nitrogen and oxygen atoms in total. The minimum Gasteiger partial charge on any atom is -0.314 e. The average molecular weight is 256 g/mol. The SMILES string of the molecule is CC1NCCC1C(=O)Cc1ccc(Cl)cc1F. The fraction of sp³-hybridized carbons (Fsp3) is 0.462. The van der Waals surface area contributed by atoms with Gasteiger partial charge in [0, 0.05) is 23.4 Å². The van der Waals surface area contributed by atoms with Crippen LogP contribution in [0, 0.1) is 11.7 Å². The molecule has 1 aliphatic rings. The summed E-state index contributed by atoms with van der Waals surface area (Å²) in [5.41, 5.74) is 0.429. The molecule has 0 bridgehead atoms. The van der Waals surface area contributed by atoms with Crippen molar-refractivity contribution in [2.75, 3.05) is 6.54 Å². The molecule has 1 heterocycles. The van der Waals surface area contributed by atoms with E-state index in [-0.39, 0.29) is 24.2 Å². The molecule has 1 fully saturated rings. The van der Waals surface area contributed by atoms with Gasteiger partial charge >= 0.3 is 0 Å². The smallest absolute Gasteiger partial charge is 0.142 e. The number of ketones is 1. The van der Waals surface area contributed by atoms with E-state index in [4.69, 9.17) is 11.6 Å². The van der Waals surface area contributed by atoms with Crippen molar-refractivity contribution >= 4 is 17.4 Å². The second kappa shape index (κ2) is 5.15. The molecule has 1 saturated heterocycles. The minimum atomic E-state index is -0.399. The third-order valence-electron chi connectivity index (χ3n) is 3.32. The van der Waals surface area contributed by atoms with Crippen molar-refractivity contribution in [2.24, 2.45) is 5.92 Å². The molecule has 0 amide bonds. The van der Waals surface area contributed by atoms with Crippen molar-refractivity contribution in [1.82, 2.24) is 5.32 Å². The summed E-state index contributed by atoms with van der Waals surface area (Å²) in [6.45, 7) is 2.86. The van der Waals surface area contributed by atoms with Crippen LogP contribution in [-0.4, -0.2) is 18.4 Å². The van der Waals surface area contributed by atoms with Crippen LogP contribution in [0.5, 0.6) is 0 Å². The van der Waals surface area contributed by atoms with Gasteiger partial charge in [-0.05, 0) is 37.6 Å². The van der Waals surface area contributed by atoms with Gasteiger partial charge in [-0.25, -0.2) is 4.39 Å². The van der Waals surface area contributed by atoms with E-state index in [1.54, 1.807) is 12.1 Å². The summed E-state index contributed by atoms with van der Waals surface area (Å²) in [5, 5.41) is 3.58. The van der Waals surface area contributed by atoms with Crippen LogP contribution in [-0.2, 0) is 11.2 Å². The summed E-state index contributed by atoms with van der Waals surface area (Å²) < 4.78 is 13.5. The lowest BCUT2D eigenvalue weighted by molar-refractivity contribution is -0.122. The number of rotatable bonds is 3. The Hall–Kier alpha value is -0.930. The summed E-state index contributed by atoms with van der Waals surface area (Å²) >= 11 is 5.67. The number of benzene rings is 1.